The molecule has 0 aliphatic heterocycles. The Bertz CT molecular complexity index is 794. The quantitative estimate of drug-likeness (QED) is 0.842. The summed E-state index contributed by atoms with van der Waals surface area (Å²) in [6.45, 7) is -0.222. The first-order valence-corrected chi connectivity index (χ1v) is 9.60. The molecule has 0 spiro atoms. The maximum Gasteiger partial charge on any atom is 0.241 e. The van der Waals surface area contributed by atoms with Crippen molar-refractivity contribution in [3.05, 3.63) is 51.4 Å². The molecule has 1 N–H and O–H groups in total. The van der Waals surface area contributed by atoms with Gasteiger partial charge in [-0.15, -0.1) is 11.3 Å². The van der Waals surface area contributed by atoms with Crippen LogP contribution < -0.4 is 9.62 Å². The van der Waals surface area contributed by atoms with E-state index in [4.69, 9.17) is 11.6 Å². The molecule has 0 fully saturated rings. The van der Waals surface area contributed by atoms with E-state index in [1.807, 2.05) is 17.5 Å². The first-order chi connectivity index (χ1) is 10.8. The van der Waals surface area contributed by atoms with E-state index in [1.54, 1.807) is 0 Å². The summed E-state index contributed by atoms with van der Waals surface area (Å²) >= 11 is 7.13. The Labute approximate surface area is 142 Å². The molecule has 0 saturated carbocycles. The number of hydrogen-bond acceptors (Lipinski definition) is 4. The van der Waals surface area contributed by atoms with Crippen LogP contribution >= 0.6 is 22.9 Å². The summed E-state index contributed by atoms with van der Waals surface area (Å²) in [7, 11) is -3.83. The summed E-state index contributed by atoms with van der Waals surface area (Å²) in [6, 6.07) is 7.28. The van der Waals surface area contributed by atoms with Crippen molar-refractivity contribution >= 4 is 44.6 Å². The van der Waals surface area contributed by atoms with Gasteiger partial charge in [0.1, 0.15) is 12.4 Å². The van der Waals surface area contributed by atoms with E-state index in [-0.39, 0.29) is 17.3 Å². The van der Waals surface area contributed by atoms with Crippen LogP contribution in [0.2, 0.25) is 5.02 Å². The highest BCUT2D eigenvalue weighted by Crippen LogP contribution is 2.24. The number of carbonyl (C=O) groups is 1. The van der Waals surface area contributed by atoms with Crippen molar-refractivity contribution in [3.8, 4) is 0 Å². The number of carbonyl (C=O) groups excluding carboxylic acids is 1. The maximum absolute atomic E-state index is 14.0. The molecule has 124 valence electrons. The molecule has 1 aromatic carbocycles. The third kappa shape index (κ3) is 4.92. The predicted molar refractivity (Wildman–Crippen MR) is 89.8 cm³/mol. The highest BCUT2D eigenvalue weighted by Gasteiger charge is 2.23. The second kappa shape index (κ2) is 7.29. The summed E-state index contributed by atoms with van der Waals surface area (Å²) in [5.41, 5.74) is -0.219. The van der Waals surface area contributed by atoms with Crippen molar-refractivity contribution in [2.75, 3.05) is 17.1 Å². The minimum absolute atomic E-state index is 0.141. The van der Waals surface area contributed by atoms with Gasteiger partial charge in [-0.2, -0.15) is 0 Å². The second-order valence-corrected chi connectivity index (χ2v) is 8.10. The Kier molecular flexibility index (Phi) is 5.61. The predicted octanol–water partition coefficient (Wildman–Crippen LogP) is 2.62. The minimum Gasteiger partial charge on any atom is -0.350 e. The molecule has 1 aromatic heterocycles. The van der Waals surface area contributed by atoms with Crippen LogP contribution in [0.5, 0.6) is 0 Å². The van der Waals surface area contributed by atoms with Crippen LogP contribution in [0.4, 0.5) is 10.1 Å². The average Bonchev–Trinajstić information content (AvgIpc) is 2.95. The third-order valence-electron chi connectivity index (χ3n) is 2.91. The van der Waals surface area contributed by atoms with Gasteiger partial charge in [0.2, 0.25) is 15.9 Å². The van der Waals surface area contributed by atoms with Gasteiger partial charge in [0.05, 0.1) is 18.5 Å². The zero-order chi connectivity index (χ0) is 17.0. The number of halogens is 2. The van der Waals surface area contributed by atoms with Crippen LogP contribution in [0.1, 0.15) is 4.88 Å². The van der Waals surface area contributed by atoms with Crippen molar-refractivity contribution in [2.45, 2.75) is 6.54 Å². The molecule has 5 nitrogen and oxygen atoms in total. The van der Waals surface area contributed by atoms with E-state index < -0.39 is 28.3 Å². The van der Waals surface area contributed by atoms with Crippen molar-refractivity contribution in [2.24, 2.45) is 0 Å². The fourth-order valence-corrected chi connectivity index (χ4v) is 3.51. The molecule has 0 atom stereocenters. The fraction of sp³-hybridized carbons (Fsp3) is 0.214. The molecule has 9 heteroatoms. The van der Waals surface area contributed by atoms with Crippen LogP contribution in [-0.2, 0) is 21.4 Å². The lowest BCUT2D eigenvalue weighted by atomic mass is 10.3. The van der Waals surface area contributed by atoms with Crippen LogP contribution in [0.25, 0.3) is 0 Å². The molecule has 2 rings (SSSR count). The topological polar surface area (TPSA) is 66.5 Å². The first-order valence-electron chi connectivity index (χ1n) is 6.49. The molecule has 2 aromatic rings. The zero-order valence-corrected chi connectivity index (χ0v) is 14.5. The van der Waals surface area contributed by atoms with Gasteiger partial charge in [0, 0.05) is 9.90 Å². The number of nitrogens with zero attached hydrogens (tertiary/aromatic N) is 1. The van der Waals surface area contributed by atoms with Crippen LogP contribution in [0.3, 0.4) is 0 Å². The lowest BCUT2D eigenvalue weighted by Gasteiger charge is -2.22. The molecule has 0 aliphatic carbocycles. The number of rotatable bonds is 6. The molecule has 0 saturated heterocycles. The fourth-order valence-electron chi connectivity index (χ4n) is 1.85. The molecule has 1 amide bonds. The number of nitrogens with one attached hydrogen (secondary N) is 1. The van der Waals surface area contributed by atoms with Crippen LogP contribution in [0, 0.1) is 5.82 Å². The molecular formula is C14H14ClFN2O3S2. The zero-order valence-electron chi connectivity index (χ0n) is 12.1. The Morgan fingerprint density at radius 2 is 2.13 bits per heavy atom. The lowest BCUT2D eigenvalue weighted by Crippen LogP contribution is -2.40. The van der Waals surface area contributed by atoms with Gasteiger partial charge >= 0.3 is 0 Å². The second-order valence-electron chi connectivity index (χ2n) is 4.72. The van der Waals surface area contributed by atoms with Gasteiger partial charge in [-0.3, -0.25) is 9.10 Å². The van der Waals surface area contributed by atoms with E-state index in [9.17, 15) is 17.6 Å². The average molecular weight is 377 g/mol. The van der Waals surface area contributed by atoms with Gasteiger partial charge in [0.25, 0.3) is 0 Å². The number of sulfonamides is 1. The number of amides is 1. The Balaban J connectivity index is 2.14. The van der Waals surface area contributed by atoms with Gasteiger partial charge in [-0.1, -0.05) is 17.7 Å². The van der Waals surface area contributed by atoms with Crippen LogP contribution in [0.15, 0.2) is 35.7 Å². The summed E-state index contributed by atoms with van der Waals surface area (Å²) in [5.74, 6) is -1.34. The monoisotopic (exact) mass is 376 g/mol. The molecular weight excluding hydrogens is 363 g/mol. The molecule has 0 aliphatic rings. The highest BCUT2D eigenvalue weighted by molar-refractivity contribution is 7.92. The minimum atomic E-state index is -3.83. The number of benzene rings is 1. The largest absolute Gasteiger partial charge is 0.350 e. The number of hydrogen-bond donors (Lipinski definition) is 1. The van der Waals surface area contributed by atoms with Gasteiger partial charge in [-0.25, -0.2) is 12.8 Å². The molecule has 23 heavy (non-hydrogen) atoms. The SMILES string of the molecule is CS(=O)(=O)N(CC(=O)NCc1cccs1)c1ccc(Cl)cc1F. The summed E-state index contributed by atoms with van der Waals surface area (Å²) < 4.78 is 38.5. The van der Waals surface area contributed by atoms with Gasteiger partial charge in [0.15, 0.2) is 0 Å². The number of anilines is 1. The summed E-state index contributed by atoms with van der Waals surface area (Å²) in [6.07, 6.45) is 0.910. The van der Waals surface area contributed by atoms with Gasteiger partial charge in [-0.05, 0) is 29.6 Å². The molecule has 1 heterocycles. The highest BCUT2D eigenvalue weighted by atomic mass is 35.5. The van der Waals surface area contributed by atoms with Crippen molar-refractivity contribution in [3.63, 3.8) is 0 Å². The standard InChI is InChI=1S/C14H14ClFN2O3S2/c1-23(20,21)18(13-5-4-10(15)7-12(13)16)9-14(19)17-8-11-3-2-6-22-11/h2-7H,8-9H2,1H3,(H,17,19). The van der Waals surface area contributed by atoms with E-state index >= 15 is 0 Å². The lowest BCUT2D eigenvalue weighted by molar-refractivity contribution is -0.119. The smallest absolute Gasteiger partial charge is 0.241 e. The van der Waals surface area contributed by atoms with E-state index in [0.717, 1.165) is 17.2 Å². The number of thiophene rings is 1. The van der Waals surface area contributed by atoms with Gasteiger partial charge < -0.3 is 5.32 Å². The third-order valence-corrected chi connectivity index (χ3v) is 5.14. The first kappa shape index (κ1) is 17.7. The summed E-state index contributed by atoms with van der Waals surface area (Å²) in [4.78, 5) is 12.9. The van der Waals surface area contributed by atoms with Crippen molar-refractivity contribution in [1.82, 2.24) is 5.32 Å². The van der Waals surface area contributed by atoms with E-state index in [0.29, 0.717) is 4.31 Å². The normalized spacial score (nSPS) is 11.3. The van der Waals surface area contributed by atoms with E-state index in [2.05, 4.69) is 5.32 Å². The Hall–Kier alpha value is -1.64. The van der Waals surface area contributed by atoms with E-state index in [1.165, 1.54) is 23.5 Å². The van der Waals surface area contributed by atoms with Crippen LogP contribution in [-0.4, -0.2) is 27.1 Å². The molecule has 0 bridgehead atoms. The Morgan fingerprint density at radius 3 is 2.70 bits per heavy atom. The van der Waals surface area contributed by atoms with Crippen molar-refractivity contribution < 1.29 is 17.6 Å². The summed E-state index contributed by atoms with van der Waals surface area (Å²) in [5, 5.41) is 4.61. The molecule has 0 radical (unpaired) electrons. The van der Waals surface area contributed by atoms with Crippen molar-refractivity contribution in [1.29, 1.82) is 0 Å². The maximum atomic E-state index is 14.0. The molecule has 0 unspecified atom stereocenters. The Morgan fingerprint density at radius 1 is 1.39 bits per heavy atom.